The molecule has 2 aromatic carbocycles. The van der Waals surface area contributed by atoms with E-state index in [4.69, 9.17) is 10.5 Å². The fourth-order valence-corrected chi connectivity index (χ4v) is 2.74. The summed E-state index contributed by atoms with van der Waals surface area (Å²) in [4.78, 5) is 16.0. The maximum atomic E-state index is 13.1. The number of nitrogens with two attached hydrogens (primary N) is 1. The third-order valence-corrected chi connectivity index (χ3v) is 4.31. The van der Waals surface area contributed by atoms with Gasteiger partial charge in [0.25, 0.3) is 0 Å². The van der Waals surface area contributed by atoms with Crippen LogP contribution in [-0.4, -0.2) is 32.1 Å². The fourth-order valence-electron chi connectivity index (χ4n) is 2.74. The van der Waals surface area contributed by atoms with Crippen molar-refractivity contribution in [1.29, 1.82) is 0 Å². The Hall–Kier alpha value is -3.35. The molecular weight excluding hydrogens is 371 g/mol. The Labute approximate surface area is 170 Å². The second-order valence-electron chi connectivity index (χ2n) is 6.44. The SMILES string of the molecule is C=CCOc1ccccc1CNC(=NC)NCC(Cc1ccc(F)cc1)C(N)=O. The van der Waals surface area contributed by atoms with E-state index in [0.29, 0.717) is 32.1 Å². The molecule has 0 fully saturated rings. The summed E-state index contributed by atoms with van der Waals surface area (Å²) < 4.78 is 18.7. The lowest BCUT2D eigenvalue weighted by Crippen LogP contribution is -2.42. The van der Waals surface area contributed by atoms with Crippen molar-refractivity contribution in [2.75, 3.05) is 20.2 Å². The first-order valence-electron chi connectivity index (χ1n) is 9.33. The van der Waals surface area contributed by atoms with Gasteiger partial charge in [-0.2, -0.15) is 0 Å². The number of amides is 1. The third kappa shape index (κ3) is 7.29. The molecule has 0 aliphatic heterocycles. The number of aliphatic imine (C=N–C) groups is 1. The summed E-state index contributed by atoms with van der Waals surface area (Å²) in [7, 11) is 1.65. The molecule has 2 rings (SSSR count). The highest BCUT2D eigenvalue weighted by Crippen LogP contribution is 2.17. The molecule has 0 aliphatic carbocycles. The van der Waals surface area contributed by atoms with Crippen LogP contribution in [0.4, 0.5) is 4.39 Å². The van der Waals surface area contributed by atoms with Crippen LogP contribution in [0, 0.1) is 11.7 Å². The summed E-state index contributed by atoms with van der Waals surface area (Å²) >= 11 is 0. The Morgan fingerprint density at radius 2 is 1.97 bits per heavy atom. The number of nitrogens with zero attached hydrogens (tertiary/aromatic N) is 1. The van der Waals surface area contributed by atoms with E-state index in [1.165, 1.54) is 12.1 Å². The summed E-state index contributed by atoms with van der Waals surface area (Å²) in [5.41, 5.74) is 7.34. The lowest BCUT2D eigenvalue weighted by atomic mass is 9.98. The van der Waals surface area contributed by atoms with Crippen LogP contribution in [-0.2, 0) is 17.8 Å². The van der Waals surface area contributed by atoms with Crippen LogP contribution in [0.2, 0.25) is 0 Å². The number of nitrogens with one attached hydrogen (secondary N) is 2. The molecule has 0 heterocycles. The van der Waals surface area contributed by atoms with Gasteiger partial charge in [0.15, 0.2) is 5.96 Å². The maximum absolute atomic E-state index is 13.1. The Morgan fingerprint density at radius 3 is 2.62 bits per heavy atom. The average molecular weight is 398 g/mol. The van der Waals surface area contributed by atoms with E-state index in [1.807, 2.05) is 24.3 Å². The highest BCUT2D eigenvalue weighted by molar-refractivity contribution is 5.81. The molecule has 0 saturated carbocycles. The molecule has 0 radical (unpaired) electrons. The molecule has 2 aromatic rings. The van der Waals surface area contributed by atoms with Crippen molar-refractivity contribution < 1.29 is 13.9 Å². The predicted molar refractivity (Wildman–Crippen MR) is 113 cm³/mol. The molecule has 4 N–H and O–H groups in total. The van der Waals surface area contributed by atoms with Gasteiger partial charge in [0, 0.05) is 25.7 Å². The molecule has 0 aromatic heterocycles. The number of para-hydroxylation sites is 1. The largest absolute Gasteiger partial charge is 0.489 e. The van der Waals surface area contributed by atoms with Crippen LogP contribution in [0.25, 0.3) is 0 Å². The monoisotopic (exact) mass is 398 g/mol. The Morgan fingerprint density at radius 1 is 1.24 bits per heavy atom. The van der Waals surface area contributed by atoms with Gasteiger partial charge in [0.2, 0.25) is 5.91 Å². The van der Waals surface area contributed by atoms with Gasteiger partial charge in [-0.05, 0) is 30.2 Å². The van der Waals surface area contributed by atoms with E-state index in [0.717, 1.165) is 16.9 Å². The smallest absolute Gasteiger partial charge is 0.222 e. The van der Waals surface area contributed by atoms with Crippen LogP contribution in [0.1, 0.15) is 11.1 Å². The molecule has 0 saturated heterocycles. The molecule has 7 heteroatoms. The van der Waals surface area contributed by atoms with E-state index in [1.54, 1.807) is 25.3 Å². The molecule has 1 atom stereocenters. The van der Waals surface area contributed by atoms with Gasteiger partial charge in [-0.3, -0.25) is 9.79 Å². The van der Waals surface area contributed by atoms with E-state index in [2.05, 4.69) is 22.2 Å². The summed E-state index contributed by atoms with van der Waals surface area (Å²) in [6, 6.07) is 13.7. The summed E-state index contributed by atoms with van der Waals surface area (Å²) in [6.07, 6.45) is 2.10. The van der Waals surface area contributed by atoms with E-state index < -0.39 is 11.8 Å². The van der Waals surface area contributed by atoms with Gasteiger partial charge in [-0.1, -0.05) is 43.0 Å². The number of carbonyl (C=O) groups excluding carboxylic acids is 1. The summed E-state index contributed by atoms with van der Waals surface area (Å²) in [6.45, 7) is 4.88. The first-order valence-corrected chi connectivity index (χ1v) is 9.33. The second-order valence-corrected chi connectivity index (χ2v) is 6.44. The fraction of sp³-hybridized carbons (Fsp3) is 0.273. The first-order chi connectivity index (χ1) is 14.0. The molecule has 0 spiro atoms. The van der Waals surface area contributed by atoms with Crippen LogP contribution >= 0.6 is 0 Å². The van der Waals surface area contributed by atoms with E-state index in [-0.39, 0.29) is 5.82 Å². The molecular formula is C22H27FN4O2. The number of hydrogen-bond acceptors (Lipinski definition) is 3. The van der Waals surface area contributed by atoms with Crippen molar-refractivity contribution >= 4 is 11.9 Å². The standard InChI is InChI=1S/C22H27FN4O2/c1-3-12-29-20-7-5-4-6-17(20)14-26-22(25-2)27-15-18(21(24)28)13-16-8-10-19(23)11-9-16/h3-11,18H,1,12-15H2,2H3,(H2,24,28)(H2,25,26,27). The van der Waals surface area contributed by atoms with Crippen molar-refractivity contribution in [1.82, 2.24) is 10.6 Å². The molecule has 0 aliphatic rings. The van der Waals surface area contributed by atoms with Gasteiger partial charge >= 0.3 is 0 Å². The Bertz CT molecular complexity index is 837. The number of carbonyl (C=O) groups is 1. The van der Waals surface area contributed by atoms with Gasteiger partial charge in [-0.25, -0.2) is 4.39 Å². The number of primary amides is 1. The zero-order chi connectivity index (χ0) is 21.1. The van der Waals surface area contributed by atoms with Crippen molar-refractivity contribution in [3.05, 3.63) is 78.1 Å². The highest BCUT2D eigenvalue weighted by atomic mass is 19.1. The van der Waals surface area contributed by atoms with Crippen LogP contribution in [0.3, 0.4) is 0 Å². The van der Waals surface area contributed by atoms with Crippen LogP contribution < -0.4 is 21.1 Å². The normalized spacial score (nSPS) is 12.1. The summed E-state index contributed by atoms with van der Waals surface area (Å²) in [5.74, 6) is 0.0997. The first kappa shape index (κ1) is 21.9. The van der Waals surface area contributed by atoms with E-state index in [9.17, 15) is 9.18 Å². The molecule has 154 valence electrons. The Balaban J connectivity index is 1.92. The van der Waals surface area contributed by atoms with Crippen LogP contribution in [0.15, 0.2) is 66.2 Å². The van der Waals surface area contributed by atoms with Crippen molar-refractivity contribution in [3.63, 3.8) is 0 Å². The van der Waals surface area contributed by atoms with Gasteiger partial charge in [0.05, 0.1) is 5.92 Å². The maximum Gasteiger partial charge on any atom is 0.222 e. The minimum absolute atomic E-state index is 0.307. The lowest BCUT2D eigenvalue weighted by molar-refractivity contribution is -0.121. The van der Waals surface area contributed by atoms with Crippen molar-refractivity contribution in [2.24, 2.45) is 16.6 Å². The number of halogens is 1. The van der Waals surface area contributed by atoms with Gasteiger partial charge < -0.3 is 21.1 Å². The minimum atomic E-state index is -0.456. The average Bonchev–Trinajstić information content (AvgIpc) is 2.73. The predicted octanol–water partition coefficient (Wildman–Crippen LogP) is 2.40. The van der Waals surface area contributed by atoms with Crippen LogP contribution in [0.5, 0.6) is 5.75 Å². The quantitative estimate of drug-likeness (QED) is 0.326. The zero-order valence-corrected chi connectivity index (χ0v) is 16.5. The number of benzene rings is 2. The molecule has 0 bridgehead atoms. The summed E-state index contributed by atoms with van der Waals surface area (Å²) in [5, 5.41) is 6.32. The number of ether oxygens (including phenoxy) is 1. The highest BCUT2D eigenvalue weighted by Gasteiger charge is 2.17. The minimum Gasteiger partial charge on any atom is -0.489 e. The number of hydrogen-bond donors (Lipinski definition) is 3. The molecule has 1 amide bonds. The molecule has 29 heavy (non-hydrogen) atoms. The zero-order valence-electron chi connectivity index (χ0n) is 16.5. The van der Waals surface area contributed by atoms with Crippen molar-refractivity contribution in [2.45, 2.75) is 13.0 Å². The third-order valence-electron chi connectivity index (χ3n) is 4.31. The van der Waals surface area contributed by atoms with E-state index >= 15 is 0 Å². The van der Waals surface area contributed by atoms with Gasteiger partial charge in [0.1, 0.15) is 18.2 Å². The molecule has 1 unspecified atom stereocenters. The van der Waals surface area contributed by atoms with Crippen molar-refractivity contribution in [3.8, 4) is 5.75 Å². The number of guanidine groups is 1. The van der Waals surface area contributed by atoms with Gasteiger partial charge in [-0.15, -0.1) is 0 Å². The Kier molecular flexibility index (Phi) is 8.69. The second kappa shape index (κ2) is 11.5. The molecule has 6 nitrogen and oxygen atoms in total. The lowest BCUT2D eigenvalue weighted by Gasteiger charge is -2.18. The number of rotatable bonds is 10. The topological polar surface area (TPSA) is 88.7 Å².